The van der Waals surface area contributed by atoms with Gasteiger partial charge in [0.1, 0.15) is 0 Å². The van der Waals surface area contributed by atoms with Crippen LogP contribution in [0, 0.1) is 24.0 Å². The minimum atomic E-state index is -0.435. The van der Waals surface area contributed by atoms with E-state index in [1.807, 2.05) is 36.7 Å². The van der Waals surface area contributed by atoms with Crippen LogP contribution in [0.3, 0.4) is 0 Å². The van der Waals surface area contributed by atoms with Crippen molar-refractivity contribution in [3.8, 4) is 0 Å². The first kappa shape index (κ1) is 17.9. The van der Waals surface area contributed by atoms with Crippen LogP contribution < -0.4 is 4.90 Å². The van der Waals surface area contributed by atoms with Crippen LogP contribution in [0.15, 0.2) is 48.5 Å². The maximum atomic E-state index is 13.0. The zero-order valence-corrected chi connectivity index (χ0v) is 15.8. The third kappa shape index (κ3) is 3.26. The number of rotatable bonds is 4. The second-order valence-corrected chi connectivity index (χ2v) is 7.06. The van der Waals surface area contributed by atoms with Gasteiger partial charge in [0, 0.05) is 29.9 Å². The summed E-state index contributed by atoms with van der Waals surface area (Å²) in [6.07, 6.45) is 0.703. The minimum Gasteiger partial charge on any atom is -0.308 e. The number of aromatic nitrogens is 2. The smallest absolute Gasteiger partial charge is 0.271 e. The molecule has 1 aliphatic rings. The third-order valence-corrected chi connectivity index (χ3v) is 5.06. The van der Waals surface area contributed by atoms with Gasteiger partial charge in [-0.25, -0.2) is 0 Å². The Balaban J connectivity index is 1.54. The van der Waals surface area contributed by atoms with Crippen LogP contribution in [0.4, 0.5) is 11.4 Å². The van der Waals surface area contributed by atoms with Crippen molar-refractivity contribution in [3.05, 3.63) is 86.7 Å². The molecule has 0 radical (unpaired) electrons. The summed E-state index contributed by atoms with van der Waals surface area (Å²) in [7, 11) is 0. The molecule has 2 heterocycles. The normalized spacial score (nSPS) is 12.9. The van der Waals surface area contributed by atoms with Crippen molar-refractivity contribution in [1.29, 1.82) is 0 Å². The van der Waals surface area contributed by atoms with Gasteiger partial charge in [-0.1, -0.05) is 18.2 Å². The topological polar surface area (TPSA) is 81.3 Å². The number of non-ortho nitro benzene ring substituents is 1. The van der Waals surface area contributed by atoms with E-state index in [0.29, 0.717) is 30.8 Å². The Labute approximate surface area is 162 Å². The summed E-state index contributed by atoms with van der Waals surface area (Å²) < 4.78 is 1.93. The Kier molecular flexibility index (Phi) is 4.43. The van der Waals surface area contributed by atoms with E-state index < -0.39 is 4.92 Å². The van der Waals surface area contributed by atoms with E-state index in [1.54, 1.807) is 23.1 Å². The minimum absolute atomic E-state index is 0.00122. The number of nitro benzene ring substituents is 1. The zero-order chi connectivity index (χ0) is 19.8. The molecule has 0 saturated heterocycles. The Morgan fingerprint density at radius 3 is 2.54 bits per heavy atom. The first-order valence-corrected chi connectivity index (χ1v) is 9.11. The maximum Gasteiger partial charge on any atom is 0.271 e. The molecule has 0 fully saturated rings. The van der Waals surface area contributed by atoms with Crippen molar-refractivity contribution < 1.29 is 9.72 Å². The van der Waals surface area contributed by atoms with Crippen LogP contribution in [-0.4, -0.2) is 27.2 Å². The van der Waals surface area contributed by atoms with E-state index in [1.165, 1.54) is 12.1 Å². The summed E-state index contributed by atoms with van der Waals surface area (Å²) in [6.45, 7) is 5.15. The molecule has 1 aliphatic heterocycles. The van der Waals surface area contributed by atoms with E-state index >= 15 is 0 Å². The number of carbonyl (C=O) groups excluding carboxylic acids is 1. The fourth-order valence-electron chi connectivity index (χ4n) is 3.61. The molecule has 28 heavy (non-hydrogen) atoms. The highest BCUT2D eigenvalue weighted by Gasteiger charge is 2.27. The predicted octanol–water partition coefficient (Wildman–Crippen LogP) is 3.66. The largest absolute Gasteiger partial charge is 0.308 e. The van der Waals surface area contributed by atoms with Gasteiger partial charge in [0.2, 0.25) is 0 Å². The van der Waals surface area contributed by atoms with Crippen molar-refractivity contribution >= 4 is 17.3 Å². The Morgan fingerprint density at radius 1 is 1.14 bits per heavy atom. The first-order valence-electron chi connectivity index (χ1n) is 9.11. The van der Waals surface area contributed by atoms with E-state index in [0.717, 1.165) is 22.5 Å². The molecular weight excluding hydrogens is 356 g/mol. The van der Waals surface area contributed by atoms with Crippen LogP contribution in [0.2, 0.25) is 0 Å². The SMILES string of the molecule is Cc1cc(C)n(Cc2ccc(C(=O)N3CCc4ccc([N+](=O)[O-])cc43)cc2)n1. The highest BCUT2D eigenvalue weighted by Crippen LogP contribution is 2.32. The molecule has 0 atom stereocenters. The number of hydrogen-bond acceptors (Lipinski definition) is 4. The number of nitro groups is 1. The van der Waals surface area contributed by atoms with Gasteiger partial charge in [0.05, 0.1) is 22.8 Å². The number of carbonyl (C=O) groups is 1. The highest BCUT2D eigenvalue weighted by atomic mass is 16.6. The van der Waals surface area contributed by atoms with E-state index in [4.69, 9.17) is 0 Å². The Morgan fingerprint density at radius 2 is 1.89 bits per heavy atom. The number of fused-ring (bicyclic) bond motifs is 1. The standard InChI is InChI=1S/C21H20N4O3/c1-14-11-15(2)24(22-14)13-16-3-5-18(6-4-16)21(26)23-10-9-17-7-8-19(25(27)28)12-20(17)23/h3-8,11-12H,9-10,13H2,1-2H3. The van der Waals surface area contributed by atoms with Gasteiger partial charge >= 0.3 is 0 Å². The molecule has 1 amide bonds. The summed E-state index contributed by atoms with van der Waals surface area (Å²) in [5.74, 6) is -0.142. The summed E-state index contributed by atoms with van der Waals surface area (Å²) in [5, 5.41) is 15.5. The number of nitrogens with zero attached hydrogens (tertiary/aromatic N) is 4. The predicted molar refractivity (Wildman–Crippen MR) is 106 cm³/mol. The molecule has 0 saturated carbocycles. The number of hydrogen-bond donors (Lipinski definition) is 0. The average Bonchev–Trinajstić information content (AvgIpc) is 3.23. The average molecular weight is 376 g/mol. The Hall–Kier alpha value is -3.48. The fourth-order valence-corrected chi connectivity index (χ4v) is 3.61. The molecule has 142 valence electrons. The van der Waals surface area contributed by atoms with Gasteiger partial charge in [-0.05, 0) is 49.6 Å². The summed E-state index contributed by atoms with van der Waals surface area (Å²) in [4.78, 5) is 25.2. The van der Waals surface area contributed by atoms with Gasteiger partial charge in [0.15, 0.2) is 0 Å². The summed E-state index contributed by atoms with van der Waals surface area (Å²) in [5.41, 5.74) is 5.28. The van der Waals surface area contributed by atoms with Crippen molar-refractivity contribution in [1.82, 2.24) is 9.78 Å². The lowest BCUT2D eigenvalue weighted by Gasteiger charge is -2.17. The van der Waals surface area contributed by atoms with Gasteiger partial charge in [-0.2, -0.15) is 5.10 Å². The molecule has 3 aromatic rings. The van der Waals surface area contributed by atoms with Crippen LogP contribution >= 0.6 is 0 Å². The van der Waals surface area contributed by atoms with E-state index in [9.17, 15) is 14.9 Å². The fraction of sp³-hybridized carbons (Fsp3) is 0.238. The Bertz CT molecular complexity index is 1070. The van der Waals surface area contributed by atoms with Crippen LogP contribution in [0.5, 0.6) is 0 Å². The van der Waals surface area contributed by atoms with E-state index in [2.05, 4.69) is 5.10 Å². The van der Waals surface area contributed by atoms with Crippen molar-refractivity contribution in [2.24, 2.45) is 0 Å². The highest BCUT2D eigenvalue weighted by molar-refractivity contribution is 6.07. The van der Waals surface area contributed by atoms with Gasteiger partial charge in [0.25, 0.3) is 11.6 Å². The number of aryl methyl sites for hydroxylation is 2. The molecule has 0 bridgehead atoms. The molecule has 4 rings (SSSR count). The molecule has 2 aromatic carbocycles. The molecular formula is C21H20N4O3. The molecule has 0 aliphatic carbocycles. The molecule has 0 spiro atoms. The quantitative estimate of drug-likeness (QED) is 0.514. The monoisotopic (exact) mass is 376 g/mol. The second kappa shape index (κ2) is 6.92. The summed E-state index contributed by atoms with van der Waals surface area (Å²) >= 11 is 0. The van der Waals surface area contributed by atoms with Crippen LogP contribution in [0.1, 0.15) is 32.9 Å². The number of anilines is 1. The molecule has 1 aromatic heterocycles. The van der Waals surface area contributed by atoms with Crippen molar-refractivity contribution in [2.45, 2.75) is 26.8 Å². The van der Waals surface area contributed by atoms with Crippen molar-refractivity contribution in [2.75, 3.05) is 11.4 Å². The van der Waals surface area contributed by atoms with E-state index in [-0.39, 0.29) is 11.6 Å². The van der Waals surface area contributed by atoms with Gasteiger partial charge in [-0.3, -0.25) is 19.6 Å². The zero-order valence-electron chi connectivity index (χ0n) is 15.8. The lowest BCUT2D eigenvalue weighted by molar-refractivity contribution is -0.384. The number of amides is 1. The third-order valence-electron chi connectivity index (χ3n) is 5.06. The van der Waals surface area contributed by atoms with Crippen LogP contribution in [-0.2, 0) is 13.0 Å². The lowest BCUT2D eigenvalue weighted by Crippen LogP contribution is -2.28. The van der Waals surface area contributed by atoms with Gasteiger partial charge in [-0.15, -0.1) is 0 Å². The number of benzene rings is 2. The lowest BCUT2D eigenvalue weighted by atomic mass is 10.1. The first-order chi connectivity index (χ1) is 13.4. The maximum absolute atomic E-state index is 13.0. The molecule has 7 heteroatoms. The molecule has 0 unspecified atom stereocenters. The van der Waals surface area contributed by atoms with Gasteiger partial charge < -0.3 is 4.90 Å². The summed E-state index contributed by atoms with van der Waals surface area (Å²) in [6, 6.07) is 14.2. The molecule has 0 N–H and O–H groups in total. The second-order valence-electron chi connectivity index (χ2n) is 7.06. The molecule has 7 nitrogen and oxygen atoms in total. The van der Waals surface area contributed by atoms with Crippen molar-refractivity contribution in [3.63, 3.8) is 0 Å². The van der Waals surface area contributed by atoms with Crippen LogP contribution in [0.25, 0.3) is 0 Å².